The Morgan fingerprint density at radius 2 is 1.44 bits per heavy atom. The average molecular weight is 733 g/mol. The Balaban J connectivity index is 1.55. The lowest BCUT2D eigenvalue weighted by atomic mass is 9.94. The molecule has 4 aromatic rings. The van der Waals surface area contributed by atoms with Gasteiger partial charge in [0, 0.05) is 23.5 Å². The van der Waals surface area contributed by atoms with Gasteiger partial charge in [-0.05, 0) is 79.4 Å². The lowest BCUT2D eigenvalue weighted by Gasteiger charge is -2.35. The van der Waals surface area contributed by atoms with Gasteiger partial charge in [-0.25, -0.2) is 8.42 Å². The molecule has 0 heterocycles. The summed E-state index contributed by atoms with van der Waals surface area (Å²) in [4.78, 5) is 30.5. The van der Waals surface area contributed by atoms with Crippen LogP contribution in [0, 0.1) is 0 Å². The van der Waals surface area contributed by atoms with Gasteiger partial charge < -0.3 is 15.0 Å². The first-order chi connectivity index (χ1) is 23.2. The summed E-state index contributed by atoms with van der Waals surface area (Å²) in [5.74, 6) is -0.145. The maximum atomic E-state index is 14.7. The van der Waals surface area contributed by atoms with E-state index in [1.54, 1.807) is 41.3 Å². The van der Waals surface area contributed by atoms with Crippen LogP contribution in [0.1, 0.15) is 50.2 Å². The van der Waals surface area contributed by atoms with Crippen LogP contribution in [0.5, 0.6) is 5.75 Å². The summed E-state index contributed by atoms with van der Waals surface area (Å²) in [6.45, 7) is 1.94. The number of nitrogens with one attached hydrogen (secondary N) is 1. The van der Waals surface area contributed by atoms with Gasteiger partial charge in [-0.3, -0.25) is 13.9 Å². The van der Waals surface area contributed by atoms with Gasteiger partial charge in [0.2, 0.25) is 11.8 Å². The van der Waals surface area contributed by atoms with E-state index in [9.17, 15) is 18.0 Å². The van der Waals surface area contributed by atoms with Crippen molar-refractivity contribution in [1.29, 1.82) is 0 Å². The van der Waals surface area contributed by atoms with E-state index < -0.39 is 28.5 Å². The zero-order chi connectivity index (χ0) is 33.9. The Morgan fingerprint density at radius 3 is 2.04 bits per heavy atom. The minimum Gasteiger partial charge on any atom is -0.494 e. The van der Waals surface area contributed by atoms with E-state index in [-0.39, 0.29) is 29.8 Å². The molecule has 0 radical (unpaired) electrons. The van der Waals surface area contributed by atoms with Gasteiger partial charge in [0.1, 0.15) is 18.3 Å². The first-order valence-electron chi connectivity index (χ1n) is 16.4. The fourth-order valence-corrected chi connectivity index (χ4v) is 7.69. The summed E-state index contributed by atoms with van der Waals surface area (Å²) in [5.41, 5.74) is 2.04. The quantitative estimate of drug-likeness (QED) is 0.149. The molecule has 5 rings (SSSR count). The van der Waals surface area contributed by atoms with E-state index in [0.29, 0.717) is 18.0 Å². The number of carbonyl (C=O) groups is 2. The van der Waals surface area contributed by atoms with Crippen LogP contribution in [0.3, 0.4) is 0 Å². The zero-order valence-corrected chi connectivity index (χ0v) is 29.5. The number of carbonyl (C=O) groups excluding carboxylic acids is 2. The third-order valence-corrected chi connectivity index (χ3v) is 10.9. The molecule has 10 heteroatoms. The first kappa shape index (κ1) is 35.2. The number of rotatable bonds is 14. The number of nitrogens with zero attached hydrogens (tertiary/aromatic N) is 2. The molecule has 1 aliphatic carbocycles. The highest BCUT2D eigenvalue weighted by molar-refractivity contribution is 9.10. The molecule has 252 valence electrons. The number of benzene rings is 4. The van der Waals surface area contributed by atoms with Crippen molar-refractivity contribution in [2.24, 2.45) is 0 Å². The van der Waals surface area contributed by atoms with E-state index in [1.165, 1.54) is 12.1 Å². The normalized spacial score (nSPS) is 14.1. The maximum absolute atomic E-state index is 14.7. The van der Waals surface area contributed by atoms with Gasteiger partial charge in [-0.2, -0.15) is 0 Å². The molecule has 0 aliphatic heterocycles. The molecule has 1 fully saturated rings. The van der Waals surface area contributed by atoms with Gasteiger partial charge in [0.25, 0.3) is 10.0 Å². The molecule has 8 nitrogen and oxygen atoms in total. The van der Waals surface area contributed by atoms with Crippen molar-refractivity contribution in [1.82, 2.24) is 10.2 Å². The zero-order valence-electron chi connectivity index (χ0n) is 27.1. The molecule has 0 aromatic heterocycles. The van der Waals surface area contributed by atoms with Gasteiger partial charge in [-0.1, -0.05) is 95.9 Å². The minimum absolute atomic E-state index is 0.0383. The summed E-state index contributed by atoms with van der Waals surface area (Å²) < 4.78 is 36.0. The summed E-state index contributed by atoms with van der Waals surface area (Å²) in [6.07, 6.45) is 5.31. The first-order valence-corrected chi connectivity index (χ1v) is 18.7. The molecular formula is C38H42BrN3O5S. The van der Waals surface area contributed by atoms with Crippen molar-refractivity contribution in [3.05, 3.63) is 125 Å². The van der Waals surface area contributed by atoms with Crippen LogP contribution in [0.4, 0.5) is 5.69 Å². The van der Waals surface area contributed by atoms with E-state index in [4.69, 9.17) is 4.74 Å². The molecule has 0 bridgehead atoms. The molecule has 4 aromatic carbocycles. The highest BCUT2D eigenvalue weighted by Gasteiger charge is 2.35. The van der Waals surface area contributed by atoms with Gasteiger partial charge in [0.05, 0.1) is 17.2 Å². The van der Waals surface area contributed by atoms with E-state index in [1.807, 2.05) is 67.6 Å². The van der Waals surface area contributed by atoms with Crippen molar-refractivity contribution in [2.45, 2.75) is 69.0 Å². The lowest BCUT2D eigenvalue weighted by Crippen LogP contribution is -2.55. The molecule has 0 unspecified atom stereocenters. The van der Waals surface area contributed by atoms with Crippen LogP contribution in [0.15, 0.2) is 119 Å². The summed E-state index contributed by atoms with van der Waals surface area (Å²) >= 11 is 3.38. The lowest BCUT2D eigenvalue weighted by molar-refractivity contribution is -0.140. The van der Waals surface area contributed by atoms with Crippen LogP contribution in [-0.2, 0) is 32.6 Å². The Bertz CT molecular complexity index is 1730. The van der Waals surface area contributed by atoms with E-state index >= 15 is 0 Å². The molecule has 1 aliphatic rings. The number of ether oxygens (including phenoxy) is 1. The molecule has 48 heavy (non-hydrogen) atoms. The highest BCUT2D eigenvalue weighted by Crippen LogP contribution is 2.28. The molecule has 1 N–H and O–H groups in total. The number of anilines is 1. The summed E-state index contributed by atoms with van der Waals surface area (Å²) in [5, 5.41) is 3.24. The van der Waals surface area contributed by atoms with Crippen LogP contribution in [0.2, 0.25) is 0 Å². The predicted molar refractivity (Wildman–Crippen MR) is 192 cm³/mol. The Labute approximate surface area is 292 Å². The third-order valence-electron chi connectivity index (χ3n) is 8.53. The van der Waals surface area contributed by atoms with E-state index in [2.05, 4.69) is 21.2 Å². The molecule has 2 amide bonds. The second-order valence-corrected chi connectivity index (χ2v) is 14.7. The number of hydrogen-bond acceptors (Lipinski definition) is 5. The van der Waals surface area contributed by atoms with Crippen molar-refractivity contribution in [3.63, 3.8) is 0 Å². The second-order valence-electron chi connectivity index (χ2n) is 11.9. The topological polar surface area (TPSA) is 96.0 Å². The molecular weight excluding hydrogens is 690 g/mol. The minimum atomic E-state index is -4.20. The number of sulfonamides is 1. The van der Waals surface area contributed by atoms with Crippen LogP contribution < -0.4 is 14.4 Å². The van der Waals surface area contributed by atoms with Gasteiger partial charge in [-0.15, -0.1) is 0 Å². The molecule has 0 spiro atoms. The SMILES string of the molecule is CCOc1ccc(N(CC(=O)N(Cc2ccccc2)[C@H](Cc2ccccc2)C(=O)NC2CCCCC2)S(=O)(=O)c2ccc(Br)cc2)cc1. The summed E-state index contributed by atoms with van der Waals surface area (Å²) in [6, 6.07) is 31.2. The molecule has 0 saturated heterocycles. The van der Waals surface area contributed by atoms with Crippen LogP contribution in [-0.4, -0.2) is 50.4 Å². The smallest absolute Gasteiger partial charge is 0.264 e. The average Bonchev–Trinajstić information content (AvgIpc) is 3.10. The van der Waals surface area contributed by atoms with Crippen molar-refractivity contribution < 1.29 is 22.7 Å². The molecule has 1 saturated carbocycles. The van der Waals surface area contributed by atoms with Crippen molar-refractivity contribution >= 4 is 43.5 Å². The monoisotopic (exact) mass is 731 g/mol. The largest absolute Gasteiger partial charge is 0.494 e. The Hall–Kier alpha value is -4.15. The fraction of sp³-hybridized carbons (Fsp3) is 0.316. The maximum Gasteiger partial charge on any atom is 0.264 e. The predicted octanol–water partition coefficient (Wildman–Crippen LogP) is 7.13. The Morgan fingerprint density at radius 1 is 0.833 bits per heavy atom. The standard InChI is InChI=1S/C38H42BrN3O5S/c1-2-47-34-22-20-33(21-23-34)42(48(45,46)35-24-18-31(39)19-25-35)28-37(43)41(27-30-14-8-4-9-15-30)36(26-29-12-6-3-7-13-29)38(44)40-32-16-10-5-11-17-32/h3-4,6-9,12-15,18-25,32,36H,2,5,10-11,16-17,26-28H2,1H3,(H,40,44)/t36-/m1/s1. The second kappa shape index (κ2) is 16.8. The highest BCUT2D eigenvalue weighted by atomic mass is 79.9. The number of amides is 2. The summed E-state index contributed by atoms with van der Waals surface area (Å²) in [7, 11) is -4.20. The number of halogens is 1. The van der Waals surface area contributed by atoms with E-state index in [0.717, 1.165) is 52.0 Å². The van der Waals surface area contributed by atoms with Crippen molar-refractivity contribution in [2.75, 3.05) is 17.5 Å². The van der Waals surface area contributed by atoms with Gasteiger partial charge >= 0.3 is 0 Å². The van der Waals surface area contributed by atoms with Crippen LogP contribution >= 0.6 is 15.9 Å². The molecule has 1 atom stereocenters. The fourth-order valence-electron chi connectivity index (χ4n) is 6.02. The number of hydrogen-bond donors (Lipinski definition) is 1. The third kappa shape index (κ3) is 9.26. The Kier molecular flexibility index (Phi) is 12.3. The van der Waals surface area contributed by atoms with Gasteiger partial charge in [0.15, 0.2) is 0 Å². The van der Waals surface area contributed by atoms with Crippen LogP contribution in [0.25, 0.3) is 0 Å². The van der Waals surface area contributed by atoms with Crippen molar-refractivity contribution in [3.8, 4) is 5.75 Å².